The Labute approximate surface area is 125 Å². The van der Waals surface area contributed by atoms with E-state index in [0.717, 1.165) is 31.8 Å². The van der Waals surface area contributed by atoms with Gasteiger partial charge in [0.2, 0.25) is 5.91 Å². The number of likely N-dealkylation sites (tertiary alicyclic amines) is 1. The van der Waals surface area contributed by atoms with Gasteiger partial charge in [0.1, 0.15) is 5.82 Å². The van der Waals surface area contributed by atoms with Crippen molar-refractivity contribution in [1.29, 1.82) is 0 Å². The van der Waals surface area contributed by atoms with E-state index < -0.39 is 5.82 Å². The Morgan fingerprint density at radius 1 is 1.43 bits per heavy atom. The Morgan fingerprint density at radius 2 is 2.19 bits per heavy atom. The zero-order valence-electron chi connectivity index (χ0n) is 12.7. The number of hydrogen-bond donors (Lipinski definition) is 2. The van der Waals surface area contributed by atoms with Gasteiger partial charge in [-0.05, 0) is 63.4 Å². The first-order chi connectivity index (χ1) is 9.97. The van der Waals surface area contributed by atoms with Crippen molar-refractivity contribution >= 4 is 17.3 Å². The normalized spacial score (nSPS) is 21.6. The Morgan fingerprint density at radius 3 is 2.90 bits per heavy atom. The molecule has 4 nitrogen and oxygen atoms in total. The molecule has 1 aliphatic rings. The van der Waals surface area contributed by atoms with Crippen molar-refractivity contribution in [2.45, 2.75) is 39.2 Å². The van der Waals surface area contributed by atoms with E-state index in [1.165, 1.54) is 24.6 Å². The molecule has 0 saturated carbocycles. The van der Waals surface area contributed by atoms with Gasteiger partial charge in [0.25, 0.3) is 0 Å². The van der Waals surface area contributed by atoms with Crippen molar-refractivity contribution < 1.29 is 9.18 Å². The van der Waals surface area contributed by atoms with E-state index in [4.69, 9.17) is 5.73 Å². The van der Waals surface area contributed by atoms with Crippen LogP contribution in [0.15, 0.2) is 18.2 Å². The van der Waals surface area contributed by atoms with E-state index in [9.17, 15) is 9.18 Å². The molecule has 2 unspecified atom stereocenters. The van der Waals surface area contributed by atoms with Crippen LogP contribution in [-0.4, -0.2) is 29.9 Å². The number of carbonyl (C=O) groups excluding carboxylic acids is 1. The zero-order chi connectivity index (χ0) is 15.4. The molecule has 2 atom stereocenters. The minimum Gasteiger partial charge on any atom is -0.396 e. The third kappa shape index (κ3) is 4.17. The summed E-state index contributed by atoms with van der Waals surface area (Å²) >= 11 is 0. The summed E-state index contributed by atoms with van der Waals surface area (Å²) in [4.78, 5) is 14.5. The smallest absolute Gasteiger partial charge is 0.241 e. The highest BCUT2D eigenvalue weighted by atomic mass is 19.1. The molecule has 1 heterocycles. The van der Waals surface area contributed by atoms with Gasteiger partial charge < -0.3 is 11.1 Å². The van der Waals surface area contributed by atoms with Crippen LogP contribution in [-0.2, 0) is 4.79 Å². The summed E-state index contributed by atoms with van der Waals surface area (Å²) in [6, 6.07) is 4.05. The molecule has 1 aromatic rings. The Bertz CT molecular complexity index is 506. The van der Waals surface area contributed by atoms with Gasteiger partial charge in [-0.15, -0.1) is 0 Å². The minimum atomic E-state index is -0.470. The van der Waals surface area contributed by atoms with E-state index in [1.807, 2.05) is 6.92 Å². The molecular weight excluding hydrogens is 269 g/mol. The van der Waals surface area contributed by atoms with Gasteiger partial charge in [-0.1, -0.05) is 6.92 Å². The average Bonchev–Trinajstić information content (AvgIpc) is 2.67. The second-order valence-corrected chi connectivity index (χ2v) is 5.97. The highest BCUT2D eigenvalue weighted by Gasteiger charge is 2.23. The molecule has 0 spiro atoms. The number of carbonyl (C=O) groups is 1. The van der Waals surface area contributed by atoms with E-state index in [-0.39, 0.29) is 17.6 Å². The van der Waals surface area contributed by atoms with Crippen LogP contribution >= 0.6 is 0 Å². The SMILES string of the molecule is CC1CCCN(C(C)C(=O)Nc2ccc(F)c(N)c2)CC1. The number of nitrogen functional groups attached to an aromatic ring is 1. The lowest BCUT2D eigenvalue weighted by Gasteiger charge is -2.26. The van der Waals surface area contributed by atoms with Crippen molar-refractivity contribution in [1.82, 2.24) is 4.90 Å². The molecular formula is C16H24FN3O. The minimum absolute atomic E-state index is 0.0454. The number of anilines is 2. The molecule has 0 radical (unpaired) electrons. The summed E-state index contributed by atoms with van der Waals surface area (Å²) in [5, 5.41) is 2.81. The molecule has 21 heavy (non-hydrogen) atoms. The molecule has 1 amide bonds. The number of amides is 1. The van der Waals surface area contributed by atoms with Crippen LogP contribution in [0.1, 0.15) is 33.1 Å². The molecule has 1 saturated heterocycles. The molecule has 2 rings (SSSR count). The molecule has 0 aliphatic carbocycles. The second kappa shape index (κ2) is 6.89. The first kappa shape index (κ1) is 15.8. The summed E-state index contributed by atoms with van der Waals surface area (Å²) in [6.07, 6.45) is 3.47. The van der Waals surface area contributed by atoms with Gasteiger partial charge in [-0.3, -0.25) is 9.69 Å². The van der Waals surface area contributed by atoms with Gasteiger partial charge >= 0.3 is 0 Å². The number of benzene rings is 1. The first-order valence-corrected chi connectivity index (χ1v) is 7.57. The van der Waals surface area contributed by atoms with E-state index in [0.29, 0.717) is 5.69 Å². The number of nitrogens with zero attached hydrogens (tertiary/aromatic N) is 1. The first-order valence-electron chi connectivity index (χ1n) is 7.57. The molecule has 116 valence electrons. The summed E-state index contributed by atoms with van der Waals surface area (Å²) in [5.41, 5.74) is 6.10. The number of nitrogens with two attached hydrogens (primary N) is 1. The lowest BCUT2D eigenvalue weighted by molar-refractivity contribution is -0.120. The van der Waals surface area contributed by atoms with Crippen LogP contribution in [0.3, 0.4) is 0 Å². The van der Waals surface area contributed by atoms with Crippen LogP contribution in [0.25, 0.3) is 0 Å². The zero-order valence-corrected chi connectivity index (χ0v) is 12.7. The van der Waals surface area contributed by atoms with Gasteiger partial charge in [0.15, 0.2) is 0 Å². The largest absolute Gasteiger partial charge is 0.396 e. The maximum absolute atomic E-state index is 13.1. The third-order valence-electron chi connectivity index (χ3n) is 4.24. The molecule has 5 heteroatoms. The van der Waals surface area contributed by atoms with Crippen molar-refractivity contribution in [2.75, 3.05) is 24.1 Å². The summed E-state index contributed by atoms with van der Waals surface area (Å²) in [6.45, 7) is 6.07. The molecule has 1 aromatic carbocycles. The highest BCUT2D eigenvalue weighted by molar-refractivity contribution is 5.94. The number of hydrogen-bond acceptors (Lipinski definition) is 3. The molecule has 3 N–H and O–H groups in total. The van der Waals surface area contributed by atoms with Gasteiger partial charge in [-0.2, -0.15) is 0 Å². The molecule has 0 aromatic heterocycles. The van der Waals surface area contributed by atoms with Crippen molar-refractivity contribution in [3.8, 4) is 0 Å². The van der Waals surface area contributed by atoms with E-state index in [1.54, 1.807) is 0 Å². The van der Waals surface area contributed by atoms with Gasteiger partial charge in [0, 0.05) is 5.69 Å². The number of nitrogens with one attached hydrogen (secondary N) is 1. The Balaban J connectivity index is 1.96. The predicted octanol–water partition coefficient (Wildman–Crippen LogP) is 2.86. The lowest BCUT2D eigenvalue weighted by Crippen LogP contribution is -2.42. The Kier molecular flexibility index (Phi) is 5.17. The van der Waals surface area contributed by atoms with Crippen LogP contribution in [0.5, 0.6) is 0 Å². The second-order valence-electron chi connectivity index (χ2n) is 5.97. The van der Waals surface area contributed by atoms with Crippen molar-refractivity contribution in [2.24, 2.45) is 5.92 Å². The average molecular weight is 293 g/mol. The van der Waals surface area contributed by atoms with E-state index >= 15 is 0 Å². The van der Waals surface area contributed by atoms with Crippen LogP contribution < -0.4 is 11.1 Å². The quantitative estimate of drug-likeness (QED) is 0.843. The number of rotatable bonds is 3. The lowest BCUT2D eigenvalue weighted by atomic mass is 10.0. The fraction of sp³-hybridized carbons (Fsp3) is 0.562. The highest BCUT2D eigenvalue weighted by Crippen LogP contribution is 2.20. The van der Waals surface area contributed by atoms with Crippen molar-refractivity contribution in [3.05, 3.63) is 24.0 Å². The van der Waals surface area contributed by atoms with Crippen molar-refractivity contribution in [3.63, 3.8) is 0 Å². The standard InChI is InChI=1S/C16H24FN3O/c1-11-4-3-8-20(9-7-11)12(2)16(21)19-13-5-6-14(17)15(18)10-13/h5-6,10-12H,3-4,7-9,18H2,1-2H3,(H,19,21). The molecule has 1 aliphatic heterocycles. The van der Waals surface area contributed by atoms with Crippen LogP contribution in [0.4, 0.5) is 15.8 Å². The molecule has 1 fully saturated rings. The molecule has 0 bridgehead atoms. The fourth-order valence-corrected chi connectivity index (χ4v) is 2.71. The maximum atomic E-state index is 13.1. The van der Waals surface area contributed by atoms with Gasteiger partial charge in [0.05, 0.1) is 11.7 Å². The summed E-state index contributed by atoms with van der Waals surface area (Å²) in [7, 11) is 0. The third-order valence-corrected chi connectivity index (χ3v) is 4.24. The van der Waals surface area contributed by atoms with Crippen LogP contribution in [0.2, 0.25) is 0 Å². The topological polar surface area (TPSA) is 58.4 Å². The maximum Gasteiger partial charge on any atom is 0.241 e. The number of halogens is 1. The van der Waals surface area contributed by atoms with Crippen LogP contribution in [0, 0.1) is 11.7 Å². The Hall–Kier alpha value is -1.62. The monoisotopic (exact) mass is 293 g/mol. The van der Waals surface area contributed by atoms with Gasteiger partial charge in [-0.25, -0.2) is 4.39 Å². The predicted molar refractivity (Wildman–Crippen MR) is 83.5 cm³/mol. The summed E-state index contributed by atoms with van der Waals surface area (Å²) in [5.74, 6) is 0.181. The fourth-order valence-electron chi connectivity index (χ4n) is 2.71. The summed E-state index contributed by atoms with van der Waals surface area (Å²) < 4.78 is 13.1. The van der Waals surface area contributed by atoms with E-state index in [2.05, 4.69) is 17.1 Å².